The Kier molecular flexibility index (Phi) is 3.37. The van der Waals surface area contributed by atoms with Gasteiger partial charge in [0.2, 0.25) is 0 Å². The zero-order valence-electron chi connectivity index (χ0n) is 10.5. The Morgan fingerprint density at radius 1 is 1.12 bits per heavy atom. The number of methoxy groups -OCH3 is 1. The van der Waals surface area contributed by atoms with Crippen LogP contribution in [0.4, 0.5) is 5.69 Å². The van der Waals surface area contributed by atoms with Crippen molar-refractivity contribution in [1.29, 1.82) is 0 Å². The van der Waals surface area contributed by atoms with Crippen molar-refractivity contribution >= 4 is 5.69 Å². The van der Waals surface area contributed by atoms with Crippen molar-refractivity contribution in [2.75, 3.05) is 25.1 Å². The normalized spacial score (nSPS) is 15.9. The van der Waals surface area contributed by atoms with E-state index in [0.29, 0.717) is 5.92 Å². The molecule has 0 radical (unpaired) electrons. The molecule has 0 amide bonds. The van der Waals surface area contributed by atoms with Gasteiger partial charge in [0.1, 0.15) is 5.75 Å². The van der Waals surface area contributed by atoms with E-state index < -0.39 is 0 Å². The minimum atomic E-state index is 0.552. The third-order valence-electron chi connectivity index (χ3n) is 3.29. The first-order valence-electron chi connectivity index (χ1n) is 6.14. The van der Waals surface area contributed by atoms with Crippen LogP contribution in [0.25, 0.3) is 0 Å². The lowest BCUT2D eigenvalue weighted by Crippen LogP contribution is -2.17. The molecule has 88 valence electrons. The van der Waals surface area contributed by atoms with Gasteiger partial charge in [-0.2, -0.15) is 0 Å². The molecule has 0 N–H and O–H groups in total. The third-order valence-corrected chi connectivity index (χ3v) is 3.29. The van der Waals surface area contributed by atoms with Gasteiger partial charge in [-0.05, 0) is 36.5 Å². The van der Waals surface area contributed by atoms with Crippen LogP contribution in [0.15, 0.2) is 18.2 Å². The van der Waals surface area contributed by atoms with E-state index in [1.54, 1.807) is 7.11 Å². The molecule has 0 atom stereocenters. The summed E-state index contributed by atoms with van der Waals surface area (Å²) in [6.07, 6.45) is 2.63. The predicted molar refractivity (Wildman–Crippen MR) is 68.5 cm³/mol. The summed E-state index contributed by atoms with van der Waals surface area (Å²) >= 11 is 0. The Hall–Kier alpha value is -1.18. The van der Waals surface area contributed by atoms with Crippen molar-refractivity contribution in [1.82, 2.24) is 0 Å². The number of ether oxygens (including phenoxy) is 1. The minimum absolute atomic E-state index is 0.552. The molecule has 16 heavy (non-hydrogen) atoms. The Labute approximate surface area is 98.2 Å². The van der Waals surface area contributed by atoms with E-state index in [1.807, 2.05) is 0 Å². The Bertz CT molecular complexity index is 354. The van der Waals surface area contributed by atoms with Crippen LogP contribution in [0.2, 0.25) is 0 Å². The van der Waals surface area contributed by atoms with E-state index in [4.69, 9.17) is 4.74 Å². The second-order valence-electron chi connectivity index (χ2n) is 4.81. The van der Waals surface area contributed by atoms with E-state index in [0.717, 1.165) is 5.75 Å². The molecule has 1 saturated heterocycles. The van der Waals surface area contributed by atoms with Crippen molar-refractivity contribution < 1.29 is 4.74 Å². The fourth-order valence-corrected chi connectivity index (χ4v) is 2.21. The molecule has 1 aliphatic heterocycles. The molecular weight excluding hydrogens is 198 g/mol. The maximum atomic E-state index is 5.38. The van der Waals surface area contributed by atoms with Crippen LogP contribution in [0.3, 0.4) is 0 Å². The van der Waals surface area contributed by atoms with Gasteiger partial charge in [0.25, 0.3) is 0 Å². The lowest BCUT2D eigenvalue weighted by Gasteiger charge is -2.20. The van der Waals surface area contributed by atoms with Gasteiger partial charge in [-0.3, -0.25) is 0 Å². The summed E-state index contributed by atoms with van der Waals surface area (Å²) in [6.45, 7) is 6.82. The van der Waals surface area contributed by atoms with Gasteiger partial charge in [-0.15, -0.1) is 0 Å². The molecule has 2 nitrogen and oxygen atoms in total. The van der Waals surface area contributed by atoms with Crippen LogP contribution in [0.1, 0.15) is 38.2 Å². The summed E-state index contributed by atoms with van der Waals surface area (Å²) in [7, 11) is 1.74. The average molecular weight is 219 g/mol. The monoisotopic (exact) mass is 219 g/mol. The highest BCUT2D eigenvalue weighted by Gasteiger charge is 2.14. The summed E-state index contributed by atoms with van der Waals surface area (Å²) in [5, 5.41) is 0. The van der Waals surface area contributed by atoms with Gasteiger partial charge < -0.3 is 9.64 Å². The maximum Gasteiger partial charge on any atom is 0.121 e. The first-order valence-corrected chi connectivity index (χ1v) is 6.14. The molecular formula is C14H21NO. The van der Waals surface area contributed by atoms with Crippen molar-refractivity contribution in [3.8, 4) is 5.75 Å². The number of anilines is 1. The molecule has 0 unspecified atom stereocenters. The Balaban J connectivity index is 2.32. The minimum Gasteiger partial charge on any atom is -0.497 e. The summed E-state index contributed by atoms with van der Waals surface area (Å²) in [6, 6.07) is 6.60. The first kappa shape index (κ1) is 11.3. The highest BCUT2D eigenvalue weighted by molar-refractivity contribution is 5.54. The molecule has 1 aliphatic rings. The summed E-state index contributed by atoms with van der Waals surface area (Å²) in [5.41, 5.74) is 2.68. The number of rotatable bonds is 3. The predicted octanol–water partition coefficient (Wildman–Crippen LogP) is 3.42. The highest BCUT2D eigenvalue weighted by atomic mass is 16.5. The lowest BCUT2D eigenvalue weighted by molar-refractivity contribution is 0.414. The molecule has 1 aromatic carbocycles. The fourth-order valence-electron chi connectivity index (χ4n) is 2.21. The van der Waals surface area contributed by atoms with Gasteiger partial charge in [-0.25, -0.2) is 0 Å². The first-order chi connectivity index (χ1) is 7.70. The maximum absolute atomic E-state index is 5.38. The molecule has 0 saturated carbocycles. The summed E-state index contributed by atoms with van der Waals surface area (Å²) in [4.78, 5) is 2.45. The molecule has 0 aromatic heterocycles. The third kappa shape index (κ3) is 2.31. The fraction of sp³-hybridized carbons (Fsp3) is 0.571. The SMILES string of the molecule is COc1cc(C(C)C)cc(N2CCCC2)c1. The Morgan fingerprint density at radius 2 is 1.81 bits per heavy atom. The topological polar surface area (TPSA) is 12.5 Å². The summed E-state index contributed by atoms with van der Waals surface area (Å²) < 4.78 is 5.38. The van der Waals surface area contributed by atoms with Crippen molar-refractivity contribution in [3.05, 3.63) is 23.8 Å². The van der Waals surface area contributed by atoms with Crippen LogP contribution < -0.4 is 9.64 Å². The highest BCUT2D eigenvalue weighted by Crippen LogP contribution is 2.29. The van der Waals surface area contributed by atoms with E-state index in [2.05, 4.69) is 36.9 Å². The zero-order chi connectivity index (χ0) is 11.5. The lowest BCUT2D eigenvalue weighted by atomic mass is 10.0. The zero-order valence-corrected chi connectivity index (χ0v) is 10.5. The van der Waals surface area contributed by atoms with Crippen LogP contribution in [-0.4, -0.2) is 20.2 Å². The molecule has 1 heterocycles. The second-order valence-corrected chi connectivity index (χ2v) is 4.81. The van der Waals surface area contributed by atoms with E-state index >= 15 is 0 Å². The largest absolute Gasteiger partial charge is 0.497 e. The van der Waals surface area contributed by atoms with Gasteiger partial charge in [0, 0.05) is 24.8 Å². The molecule has 0 spiro atoms. The number of hydrogen-bond acceptors (Lipinski definition) is 2. The smallest absolute Gasteiger partial charge is 0.121 e. The van der Waals surface area contributed by atoms with E-state index in [-0.39, 0.29) is 0 Å². The number of benzene rings is 1. The van der Waals surface area contributed by atoms with Crippen LogP contribution in [0, 0.1) is 0 Å². The van der Waals surface area contributed by atoms with Gasteiger partial charge in [0.15, 0.2) is 0 Å². The van der Waals surface area contributed by atoms with E-state index in [9.17, 15) is 0 Å². The Morgan fingerprint density at radius 3 is 2.38 bits per heavy atom. The molecule has 0 bridgehead atoms. The molecule has 2 heteroatoms. The molecule has 1 fully saturated rings. The standard InChI is InChI=1S/C14H21NO/c1-11(2)12-8-13(10-14(9-12)16-3)15-6-4-5-7-15/h8-11H,4-7H2,1-3H3. The van der Waals surface area contributed by atoms with Gasteiger partial charge in [-0.1, -0.05) is 13.8 Å². The van der Waals surface area contributed by atoms with Crippen molar-refractivity contribution in [3.63, 3.8) is 0 Å². The van der Waals surface area contributed by atoms with Crippen LogP contribution in [0.5, 0.6) is 5.75 Å². The van der Waals surface area contributed by atoms with Gasteiger partial charge in [0.05, 0.1) is 7.11 Å². The van der Waals surface area contributed by atoms with Crippen molar-refractivity contribution in [2.24, 2.45) is 0 Å². The van der Waals surface area contributed by atoms with Gasteiger partial charge >= 0.3 is 0 Å². The molecule has 1 aromatic rings. The summed E-state index contributed by atoms with van der Waals surface area (Å²) in [5.74, 6) is 1.53. The van der Waals surface area contributed by atoms with E-state index in [1.165, 1.54) is 37.2 Å². The van der Waals surface area contributed by atoms with Crippen molar-refractivity contribution in [2.45, 2.75) is 32.6 Å². The number of hydrogen-bond donors (Lipinski definition) is 0. The molecule has 2 rings (SSSR count). The second kappa shape index (κ2) is 4.77. The quantitative estimate of drug-likeness (QED) is 0.772. The molecule has 0 aliphatic carbocycles. The average Bonchev–Trinajstić information content (AvgIpc) is 2.81. The van der Waals surface area contributed by atoms with Crippen LogP contribution >= 0.6 is 0 Å². The number of nitrogens with zero attached hydrogens (tertiary/aromatic N) is 1. The van der Waals surface area contributed by atoms with Crippen LogP contribution in [-0.2, 0) is 0 Å².